The summed E-state index contributed by atoms with van der Waals surface area (Å²) in [4.78, 5) is 39.2. The summed E-state index contributed by atoms with van der Waals surface area (Å²) in [5.41, 5.74) is 7.83. The molecule has 1 amide bonds. The summed E-state index contributed by atoms with van der Waals surface area (Å²) >= 11 is 6.04. The minimum atomic E-state index is -0.196. The Labute approximate surface area is 296 Å². The summed E-state index contributed by atoms with van der Waals surface area (Å²) in [6, 6.07) is 12.3. The summed E-state index contributed by atoms with van der Waals surface area (Å²) in [5.74, 6) is 0.290. The third-order valence-corrected chi connectivity index (χ3v) is 9.53. The zero-order valence-corrected chi connectivity index (χ0v) is 30.7. The van der Waals surface area contributed by atoms with E-state index in [1.165, 1.54) is 30.4 Å². The first-order valence-corrected chi connectivity index (χ1v) is 17.4. The van der Waals surface area contributed by atoms with Crippen molar-refractivity contribution in [3.05, 3.63) is 123 Å². The maximum absolute atomic E-state index is 13.5. The average Bonchev–Trinajstić information content (AvgIpc) is 3.32. The van der Waals surface area contributed by atoms with Gasteiger partial charge in [-0.1, -0.05) is 67.0 Å². The number of carbonyl (C=O) groups is 3. The molecule has 1 heterocycles. The number of aromatic nitrogens is 1. The van der Waals surface area contributed by atoms with Crippen molar-refractivity contribution in [1.29, 1.82) is 0 Å². The summed E-state index contributed by atoms with van der Waals surface area (Å²) in [6.45, 7) is 13.1. The fraction of sp³-hybridized carbons (Fsp3) is 0.357. The van der Waals surface area contributed by atoms with Gasteiger partial charge in [-0.3, -0.25) is 19.0 Å². The molecule has 1 N–H and O–H groups in total. The molecule has 258 valence electrons. The number of fused-ring (bicyclic) bond motifs is 1. The van der Waals surface area contributed by atoms with Crippen LogP contribution in [0.1, 0.15) is 88.3 Å². The van der Waals surface area contributed by atoms with Gasteiger partial charge in [-0.15, -0.1) is 0 Å². The monoisotopic (exact) mass is 680 g/mol. The van der Waals surface area contributed by atoms with E-state index in [1.807, 2.05) is 44.2 Å². The molecule has 0 saturated heterocycles. The molecule has 0 bridgehead atoms. The number of amides is 1. The largest absolute Gasteiger partial charge is 0.497 e. The van der Waals surface area contributed by atoms with Crippen LogP contribution in [0.5, 0.6) is 5.75 Å². The number of hydrogen-bond donors (Lipinski definition) is 1. The van der Waals surface area contributed by atoms with E-state index in [0.717, 1.165) is 22.1 Å². The molecule has 4 rings (SSSR count). The Morgan fingerprint density at radius 2 is 1.76 bits per heavy atom. The number of rotatable bonds is 13. The first-order valence-electron chi connectivity index (χ1n) is 17.0. The number of allylic oxidation sites excluding steroid dienone is 9. The van der Waals surface area contributed by atoms with Crippen molar-refractivity contribution in [2.45, 2.75) is 80.1 Å². The summed E-state index contributed by atoms with van der Waals surface area (Å²) < 4.78 is 7.09. The van der Waals surface area contributed by atoms with Gasteiger partial charge in [-0.05, 0) is 118 Å². The molecule has 1 aliphatic rings. The van der Waals surface area contributed by atoms with Gasteiger partial charge < -0.3 is 10.1 Å². The molecular weight excluding hydrogens is 632 g/mol. The summed E-state index contributed by atoms with van der Waals surface area (Å²) in [7, 11) is 1.59. The molecule has 0 saturated carbocycles. The van der Waals surface area contributed by atoms with E-state index in [4.69, 9.17) is 16.3 Å². The van der Waals surface area contributed by atoms with Crippen LogP contribution in [-0.4, -0.2) is 35.8 Å². The minimum Gasteiger partial charge on any atom is -0.497 e. The minimum absolute atomic E-state index is 0.0301. The molecule has 0 atom stereocenters. The number of nitrogens with zero attached hydrogens (tertiary/aromatic N) is 1. The van der Waals surface area contributed by atoms with E-state index in [-0.39, 0.29) is 29.4 Å². The maximum atomic E-state index is 13.5. The van der Waals surface area contributed by atoms with Crippen molar-refractivity contribution in [3.8, 4) is 5.75 Å². The first kappa shape index (κ1) is 37.4. The van der Waals surface area contributed by atoms with E-state index < -0.39 is 0 Å². The topological polar surface area (TPSA) is 77.4 Å². The normalized spacial score (nSPS) is 15.4. The van der Waals surface area contributed by atoms with E-state index in [2.05, 4.69) is 45.2 Å². The highest BCUT2D eigenvalue weighted by atomic mass is 35.5. The van der Waals surface area contributed by atoms with Crippen LogP contribution in [0.15, 0.2) is 101 Å². The van der Waals surface area contributed by atoms with Crippen LogP contribution in [0.3, 0.4) is 0 Å². The quantitative estimate of drug-likeness (QED) is 0.111. The molecule has 0 spiro atoms. The fourth-order valence-electron chi connectivity index (χ4n) is 6.52. The molecule has 0 fully saturated rings. The SMILES string of the molecule is COc1ccc2c(c1)c(CC(=O)CCCNC(=O)/C=C(C)/C=C/C=C(C)/C=C/C1=C(C)CCCC1(C)C)c(C)n2C(=O)c1ccc(Cl)cc1. The standard InChI is InChI=1S/C42H49ClN2O4/c1-28(15-21-38-30(3)13-9-23-42(38,5)6)11-8-12-29(2)25-40(47)44-24-10-14-34(46)26-36-31(4)45(39-22-20-35(49-7)27-37(36)39)41(48)32-16-18-33(43)19-17-32/h8,11-12,15-22,25,27H,9-10,13-14,23-24,26H2,1-7H3,(H,44,47)/b12-8+,21-15+,28-11+,29-25+. The molecule has 0 radical (unpaired) electrons. The van der Waals surface area contributed by atoms with Crippen LogP contribution < -0.4 is 10.1 Å². The lowest BCUT2D eigenvalue weighted by atomic mass is 9.72. The van der Waals surface area contributed by atoms with Crippen molar-refractivity contribution in [2.24, 2.45) is 5.41 Å². The van der Waals surface area contributed by atoms with Gasteiger partial charge in [0.05, 0.1) is 12.6 Å². The second kappa shape index (κ2) is 16.8. The van der Waals surface area contributed by atoms with Gasteiger partial charge in [0, 0.05) is 47.1 Å². The van der Waals surface area contributed by atoms with E-state index in [0.29, 0.717) is 46.9 Å². The molecule has 0 unspecified atom stereocenters. The smallest absolute Gasteiger partial charge is 0.262 e. The first-order chi connectivity index (χ1) is 23.3. The third-order valence-electron chi connectivity index (χ3n) is 9.27. The summed E-state index contributed by atoms with van der Waals surface area (Å²) in [5, 5.41) is 4.24. The Kier molecular flexibility index (Phi) is 12.8. The third kappa shape index (κ3) is 9.82. The van der Waals surface area contributed by atoms with Crippen molar-refractivity contribution in [1.82, 2.24) is 9.88 Å². The highest BCUT2D eigenvalue weighted by Crippen LogP contribution is 2.40. The van der Waals surface area contributed by atoms with Gasteiger partial charge in [0.15, 0.2) is 0 Å². The molecule has 1 aliphatic carbocycles. The highest BCUT2D eigenvalue weighted by molar-refractivity contribution is 6.30. The van der Waals surface area contributed by atoms with Gasteiger partial charge in [-0.25, -0.2) is 0 Å². The number of nitrogens with one attached hydrogen (secondary N) is 1. The Balaban J connectivity index is 1.31. The number of ketones is 1. The van der Waals surface area contributed by atoms with Crippen molar-refractivity contribution in [2.75, 3.05) is 13.7 Å². The molecule has 1 aromatic heterocycles. The molecule has 0 aliphatic heterocycles. The Bertz CT molecular complexity index is 1870. The number of halogens is 1. The van der Waals surface area contributed by atoms with Gasteiger partial charge in [0.25, 0.3) is 5.91 Å². The second-order valence-corrected chi connectivity index (χ2v) is 14.1. The average molecular weight is 681 g/mol. The molecular formula is C42H49ClN2O4. The number of hydrogen-bond acceptors (Lipinski definition) is 4. The maximum Gasteiger partial charge on any atom is 0.262 e. The van der Waals surface area contributed by atoms with Crippen molar-refractivity contribution >= 4 is 40.1 Å². The molecule has 49 heavy (non-hydrogen) atoms. The number of benzene rings is 2. The molecule has 7 heteroatoms. The van der Waals surface area contributed by atoms with Gasteiger partial charge in [0.2, 0.25) is 5.91 Å². The number of methoxy groups -OCH3 is 1. The predicted octanol–water partition coefficient (Wildman–Crippen LogP) is 9.84. The van der Waals surface area contributed by atoms with Gasteiger partial charge in [0.1, 0.15) is 11.5 Å². The fourth-order valence-corrected chi connectivity index (χ4v) is 6.64. The van der Waals surface area contributed by atoms with Gasteiger partial charge in [-0.2, -0.15) is 0 Å². The predicted molar refractivity (Wildman–Crippen MR) is 201 cm³/mol. The van der Waals surface area contributed by atoms with Gasteiger partial charge >= 0.3 is 0 Å². The Morgan fingerprint density at radius 1 is 1.02 bits per heavy atom. The number of Topliss-reactive ketones (excluding diaryl/α,β-unsaturated/α-hetero) is 1. The zero-order valence-electron chi connectivity index (χ0n) is 29.9. The van der Waals surface area contributed by atoms with Crippen LogP contribution in [-0.2, 0) is 16.0 Å². The lowest BCUT2D eigenvalue weighted by Crippen LogP contribution is -2.23. The van der Waals surface area contributed by atoms with Crippen molar-refractivity contribution in [3.63, 3.8) is 0 Å². The van der Waals surface area contributed by atoms with E-state index in [9.17, 15) is 14.4 Å². The van der Waals surface area contributed by atoms with Crippen LogP contribution >= 0.6 is 11.6 Å². The highest BCUT2D eigenvalue weighted by Gasteiger charge is 2.26. The van der Waals surface area contributed by atoms with Crippen LogP contribution in [0.4, 0.5) is 0 Å². The number of ether oxygens (including phenoxy) is 1. The van der Waals surface area contributed by atoms with Crippen LogP contribution in [0, 0.1) is 12.3 Å². The number of carbonyl (C=O) groups excluding carboxylic acids is 3. The van der Waals surface area contributed by atoms with E-state index in [1.54, 1.807) is 48.1 Å². The lowest BCUT2D eigenvalue weighted by Gasteiger charge is -2.32. The second-order valence-electron chi connectivity index (χ2n) is 13.6. The molecule has 6 nitrogen and oxygen atoms in total. The lowest BCUT2D eigenvalue weighted by molar-refractivity contribution is -0.119. The van der Waals surface area contributed by atoms with E-state index >= 15 is 0 Å². The Hall–Kier alpha value is -4.42. The van der Waals surface area contributed by atoms with Crippen molar-refractivity contribution < 1.29 is 19.1 Å². The van der Waals surface area contributed by atoms with Crippen LogP contribution in [0.2, 0.25) is 5.02 Å². The zero-order chi connectivity index (χ0) is 35.7. The molecule has 3 aromatic rings. The summed E-state index contributed by atoms with van der Waals surface area (Å²) in [6.07, 6.45) is 16.5. The molecule has 2 aromatic carbocycles. The Morgan fingerprint density at radius 3 is 2.45 bits per heavy atom. The van der Waals surface area contributed by atoms with Crippen LogP contribution in [0.25, 0.3) is 10.9 Å².